The highest BCUT2D eigenvalue weighted by Gasteiger charge is 2.21. The predicted octanol–water partition coefficient (Wildman–Crippen LogP) is 3.70. The summed E-state index contributed by atoms with van der Waals surface area (Å²) in [5.41, 5.74) is 2.26. The summed E-state index contributed by atoms with van der Waals surface area (Å²) in [6, 6.07) is 5.06. The van der Waals surface area contributed by atoms with Gasteiger partial charge >= 0.3 is 0 Å². The number of benzene rings is 1. The first-order chi connectivity index (χ1) is 15.4. The summed E-state index contributed by atoms with van der Waals surface area (Å²) in [4.78, 5) is 45.7. The summed E-state index contributed by atoms with van der Waals surface area (Å²) in [6.45, 7) is 1.42. The molecule has 1 aliphatic carbocycles. The molecule has 2 heterocycles. The minimum Gasteiger partial charge on any atom is -0.494 e. The van der Waals surface area contributed by atoms with Crippen LogP contribution in [0.4, 0.5) is 11.4 Å². The van der Waals surface area contributed by atoms with Gasteiger partial charge in [0.2, 0.25) is 11.8 Å². The topological polar surface area (TPSA) is 113 Å². The number of nitrogens with zero attached hydrogens (tertiary/aromatic N) is 1. The number of aromatic amines is 1. The molecule has 0 saturated carbocycles. The molecule has 0 fully saturated rings. The average Bonchev–Trinajstić information content (AvgIpc) is 3.33. The van der Waals surface area contributed by atoms with Crippen molar-refractivity contribution >= 4 is 56.5 Å². The number of carbonyl (C=O) groups is 2. The standard InChI is InChI=1S/C22H24N4O4S2/c1-12(27)23-15-7-6-13(10-16(15)30-2)24-19(28)8-9-31-11-18-25-21(29)20-14-4-3-5-17(14)32-22(20)26-18/h6-7,10H,3-5,8-9,11H2,1-2H3,(H,23,27)(H,24,28)(H,25,26,29). The highest BCUT2D eigenvalue weighted by molar-refractivity contribution is 7.98. The molecule has 4 rings (SSSR count). The summed E-state index contributed by atoms with van der Waals surface area (Å²) in [5.74, 6) is 1.92. The van der Waals surface area contributed by atoms with Crippen LogP contribution in [0.2, 0.25) is 0 Å². The van der Waals surface area contributed by atoms with Crippen molar-refractivity contribution in [1.29, 1.82) is 0 Å². The number of nitrogens with one attached hydrogen (secondary N) is 3. The molecule has 2 amide bonds. The number of thiophene rings is 1. The van der Waals surface area contributed by atoms with Crippen LogP contribution >= 0.6 is 23.1 Å². The Bertz CT molecular complexity index is 1230. The number of rotatable bonds is 8. The Morgan fingerprint density at radius 3 is 2.91 bits per heavy atom. The van der Waals surface area contributed by atoms with Crippen LogP contribution in [0.25, 0.3) is 10.2 Å². The molecule has 0 unspecified atom stereocenters. The zero-order valence-electron chi connectivity index (χ0n) is 17.9. The van der Waals surface area contributed by atoms with E-state index < -0.39 is 0 Å². The molecule has 0 radical (unpaired) electrons. The van der Waals surface area contributed by atoms with Gasteiger partial charge in [-0.15, -0.1) is 11.3 Å². The molecule has 32 heavy (non-hydrogen) atoms. The molecule has 2 aromatic heterocycles. The maximum atomic E-state index is 12.5. The van der Waals surface area contributed by atoms with Gasteiger partial charge in [-0.2, -0.15) is 11.8 Å². The first-order valence-corrected chi connectivity index (χ1v) is 12.3. The van der Waals surface area contributed by atoms with Crippen molar-refractivity contribution in [3.05, 3.63) is 44.8 Å². The first-order valence-electron chi connectivity index (χ1n) is 10.3. The second-order valence-electron chi connectivity index (χ2n) is 7.50. The number of H-pyrrole nitrogens is 1. The van der Waals surface area contributed by atoms with Gasteiger partial charge in [-0.1, -0.05) is 0 Å². The minimum atomic E-state index is -0.199. The monoisotopic (exact) mass is 472 g/mol. The van der Waals surface area contributed by atoms with Crippen LogP contribution in [0.15, 0.2) is 23.0 Å². The van der Waals surface area contributed by atoms with Crippen molar-refractivity contribution in [2.45, 2.75) is 38.4 Å². The maximum Gasteiger partial charge on any atom is 0.259 e. The van der Waals surface area contributed by atoms with Crippen molar-refractivity contribution in [2.24, 2.45) is 0 Å². The van der Waals surface area contributed by atoms with Crippen molar-refractivity contribution in [2.75, 3.05) is 23.5 Å². The number of carbonyl (C=O) groups excluding carboxylic acids is 2. The fourth-order valence-electron chi connectivity index (χ4n) is 3.73. The highest BCUT2D eigenvalue weighted by atomic mass is 32.2. The Hall–Kier alpha value is -2.85. The van der Waals surface area contributed by atoms with Gasteiger partial charge in [-0.3, -0.25) is 14.4 Å². The second-order valence-corrected chi connectivity index (χ2v) is 9.69. The smallest absolute Gasteiger partial charge is 0.259 e. The van der Waals surface area contributed by atoms with Crippen LogP contribution in [0.5, 0.6) is 5.75 Å². The van der Waals surface area contributed by atoms with E-state index in [4.69, 9.17) is 4.74 Å². The van der Waals surface area contributed by atoms with Gasteiger partial charge in [-0.05, 0) is 37.0 Å². The highest BCUT2D eigenvalue weighted by Crippen LogP contribution is 2.34. The molecule has 3 aromatic rings. The number of fused-ring (bicyclic) bond motifs is 3. The van der Waals surface area contributed by atoms with Gasteiger partial charge in [0.05, 0.1) is 23.9 Å². The van der Waals surface area contributed by atoms with E-state index in [2.05, 4.69) is 20.6 Å². The third kappa shape index (κ3) is 4.97. The van der Waals surface area contributed by atoms with E-state index in [0.29, 0.717) is 40.9 Å². The number of aromatic nitrogens is 2. The molecule has 0 saturated heterocycles. The average molecular weight is 473 g/mol. The molecule has 0 bridgehead atoms. The zero-order valence-corrected chi connectivity index (χ0v) is 19.5. The van der Waals surface area contributed by atoms with E-state index in [1.54, 1.807) is 41.3 Å². The third-order valence-corrected chi connectivity index (χ3v) is 7.29. The molecule has 0 spiro atoms. The molecular formula is C22H24N4O4S2. The fraction of sp³-hybridized carbons (Fsp3) is 0.364. The Kier molecular flexibility index (Phi) is 6.80. The van der Waals surface area contributed by atoms with E-state index in [1.165, 1.54) is 24.5 Å². The van der Waals surface area contributed by atoms with E-state index in [1.807, 2.05) is 0 Å². The van der Waals surface area contributed by atoms with Crippen molar-refractivity contribution < 1.29 is 14.3 Å². The number of amides is 2. The molecular weight excluding hydrogens is 448 g/mol. The lowest BCUT2D eigenvalue weighted by Gasteiger charge is -2.11. The molecule has 10 heteroatoms. The van der Waals surface area contributed by atoms with Crippen LogP contribution < -0.4 is 20.9 Å². The molecule has 8 nitrogen and oxygen atoms in total. The van der Waals surface area contributed by atoms with E-state index in [9.17, 15) is 14.4 Å². The number of hydrogen-bond donors (Lipinski definition) is 3. The Labute approximate surface area is 193 Å². The third-order valence-electron chi connectivity index (χ3n) is 5.13. The number of methoxy groups -OCH3 is 1. The summed E-state index contributed by atoms with van der Waals surface area (Å²) in [5, 5.41) is 6.27. The lowest BCUT2D eigenvalue weighted by molar-refractivity contribution is -0.116. The SMILES string of the molecule is COc1cc(NC(=O)CCSCc2nc3sc4c(c3c(=O)[nH]2)CCC4)ccc1NC(C)=O. The van der Waals surface area contributed by atoms with Gasteiger partial charge in [0, 0.05) is 35.7 Å². The zero-order chi connectivity index (χ0) is 22.7. The van der Waals surface area contributed by atoms with Crippen molar-refractivity contribution in [3.63, 3.8) is 0 Å². The molecule has 1 aliphatic rings. The number of aryl methyl sites for hydroxylation is 2. The number of anilines is 2. The summed E-state index contributed by atoms with van der Waals surface area (Å²) >= 11 is 3.18. The van der Waals surface area contributed by atoms with Crippen LogP contribution in [0, 0.1) is 0 Å². The molecule has 168 valence electrons. The van der Waals surface area contributed by atoms with Gasteiger partial charge < -0.3 is 20.4 Å². The predicted molar refractivity (Wildman–Crippen MR) is 129 cm³/mol. The molecule has 0 aliphatic heterocycles. The molecule has 0 atom stereocenters. The van der Waals surface area contributed by atoms with Crippen molar-refractivity contribution in [1.82, 2.24) is 9.97 Å². The fourth-order valence-corrected chi connectivity index (χ4v) is 5.82. The summed E-state index contributed by atoms with van der Waals surface area (Å²) in [6.07, 6.45) is 3.44. The second kappa shape index (κ2) is 9.74. The van der Waals surface area contributed by atoms with Gasteiger partial charge in [0.1, 0.15) is 16.4 Å². The van der Waals surface area contributed by atoms with Crippen molar-refractivity contribution in [3.8, 4) is 5.75 Å². The Morgan fingerprint density at radius 1 is 1.28 bits per heavy atom. The van der Waals surface area contributed by atoms with E-state index in [0.717, 1.165) is 29.5 Å². The van der Waals surface area contributed by atoms with E-state index >= 15 is 0 Å². The number of ether oxygens (including phenoxy) is 1. The summed E-state index contributed by atoms with van der Waals surface area (Å²) in [7, 11) is 1.50. The van der Waals surface area contributed by atoms with Gasteiger partial charge in [-0.25, -0.2) is 4.98 Å². The normalized spacial score (nSPS) is 12.6. The lowest BCUT2D eigenvalue weighted by atomic mass is 10.2. The van der Waals surface area contributed by atoms with Crippen LogP contribution in [-0.4, -0.2) is 34.6 Å². The largest absolute Gasteiger partial charge is 0.494 e. The number of hydrogen-bond acceptors (Lipinski definition) is 7. The molecule has 3 N–H and O–H groups in total. The van der Waals surface area contributed by atoms with Crippen LogP contribution in [0.3, 0.4) is 0 Å². The summed E-state index contributed by atoms with van der Waals surface area (Å²) < 4.78 is 5.27. The van der Waals surface area contributed by atoms with Crippen LogP contribution in [0.1, 0.15) is 36.0 Å². The van der Waals surface area contributed by atoms with Gasteiger partial charge in [0.15, 0.2) is 0 Å². The first kappa shape index (κ1) is 22.3. The molecule has 1 aromatic carbocycles. The van der Waals surface area contributed by atoms with Gasteiger partial charge in [0.25, 0.3) is 5.56 Å². The minimum absolute atomic E-state index is 0.0561. The maximum absolute atomic E-state index is 12.5. The Morgan fingerprint density at radius 2 is 2.12 bits per heavy atom. The van der Waals surface area contributed by atoms with E-state index in [-0.39, 0.29) is 17.4 Å². The van der Waals surface area contributed by atoms with Crippen LogP contribution in [-0.2, 0) is 28.2 Å². The lowest BCUT2D eigenvalue weighted by Crippen LogP contribution is -2.13. The number of thioether (sulfide) groups is 1. The Balaban J connectivity index is 1.29. The quantitative estimate of drug-likeness (QED) is 0.431.